The van der Waals surface area contributed by atoms with Crippen molar-refractivity contribution in [2.24, 2.45) is 14.0 Å². The van der Waals surface area contributed by atoms with Crippen LogP contribution in [0.15, 0.2) is 49.1 Å². The van der Waals surface area contributed by atoms with E-state index in [1.54, 1.807) is 24.3 Å². The van der Waals surface area contributed by atoms with Gasteiger partial charge in [0.2, 0.25) is 0 Å². The summed E-state index contributed by atoms with van der Waals surface area (Å²) in [6.07, 6.45) is 5.92. The molecule has 0 aliphatic heterocycles. The van der Waals surface area contributed by atoms with Gasteiger partial charge in [0.1, 0.15) is 22.2 Å². The molecule has 2 aromatic rings. The summed E-state index contributed by atoms with van der Waals surface area (Å²) in [5.41, 5.74) is 1.64. The van der Waals surface area contributed by atoms with Gasteiger partial charge in [-0.2, -0.15) is 0 Å². The minimum atomic E-state index is -2.19. The van der Waals surface area contributed by atoms with Gasteiger partial charge >= 0.3 is 0 Å². The van der Waals surface area contributed by atoms with Gasteiger partial charge in [-0.05, 0) is 11.1 Å². The molecule has 0 aliphatic rings. The van der Waals surface area contributed by atoms with Crippen LogP contribution < -0.4 is 9.13 Å². The molecule has 0 saturated carbocycles. The first-order chi connectivity index (χ1) is 9.18. The smallest absolute Gasteiger partial charge is 0.169 e. The molecule has 2 heteroatoms. The van der Waals surface area contributed by atoms with Crippen molar-refractivity contribution in [1.29, 1.82) is 0 Å². The van der Waals surface area contributed by atoms with Crippen LogP contribution in [-0.2, 0) is 14.0 Å². The van der Waals surface area contributed by atoms with Crippen LogP contribution in [0, 0.1) is 0 Å². The molecule has 0 saturated heterocycles. The molecule has 0 spiro atoms. The Bertz CT molecular complexity index is 528. The van der Waals surface area contributed by atoms with E-state index < -0.39 is 14.0 Å². The third kappa shape index (κ3) is 1.79. The highest BCUT2D eigenvalue weighted by molar-refractivity contribution is 5.60. The van der Waals surface area contributed by atoms with Gasteiger partial charge in [0.05, 0.1) is 0 Å². The summed E-state index contributed by atoms with van der Waals surface area (Å²) in [7, 11) is 0. The molecule has 0 unspecified atom stereocenters. The highest BCUT2D eigenvalue weighted by Gasteiger charge is 2.00. The number of aryl methyl sites for hydroxylation is 2. The second-order valence-corrected chi connectivity index (χ2v) is 2.99. The van der Waals surface area contributed by atoms with Crippen LogP contribution >= 0.6 is 0 Å². The van der Waals surface area contributed by atoms with Crippen LogP contribution in [0.1, 0.15) is 8.22 Å². The van der Waals surface area contributed by atoms with Crippen molar-refractivity contribution in [1.82, 2.24) is 0 Å². The predicted molar refractivity (Wildman–Crippen MR) is 54.2 cm³/mol. The molecular weight excluding hydrogens is 172 g/mol. The Morgan fingerprint density at radius 1 is 0.786 bits per heavy atom. The lowest BCUT2D eigenvalue weighted by Crippen LogP contribution is -2.26. The maximum absolute atomic E-state index is 7.28. The van der Waals surface area contributed by atoms with Crippen molar-refractivity contribution < 1.29 is 17.4 Å². The Hall–Kier alpha value is -1.70. The quantitative estimate of drug-likeness (QED) is 0.596. The highest BCUT2D eigenvalue weighted by atomic mass is 14.9. The number of pyridine rings is 2. The Morgan fingerprint density at radius 3 is 1.43 bits per heavy atom. The van der Waals surface area contributed by atoms with Crippen LogP contribution in [0.25, 0.3) is 11.1 Å². The summed E-state index contributed by atoms with van der Waals surface area (Å²) >= 11 is 0. The van der Waals surface area contributed by atoms with Crippen LogP contribution in [-0.4, -0.2) is 0 Å². The van der Waals surface area contributed by atoms with E-state index in [9.17, 15) is 0 Å². The summed E-state index contributed by atoms with van der Waals surface area (Å²) in [5, 5.41) is 0. The number of hydrogen-bond donors (Lipinski definition) is 0. The number of rotatable bonds is 1. The minimum absolute atomic E-state index is 0.822. The predicted octanol–water partition coefficient (Wildman–Crippen LogP) is 1.00. The van der Waals surface area contributed by atoms with Crippen molar-refractivity contribution in [3.63, 3.8) is 0 Å². The first-order valence-electron chi connectivity index (χ1n) is 7.22. The summed E-state index contributed by atoms with van der Waals surface area (Å²) in [5.74, 6) is 0. The van der Waals surface area contributed by atoms with Crippen molar-refractivity contribution >= 4 is 0 Å². The molecule has 0 radical (unpaired) electrons. The maximum Gasteiger partial charge on any atom is 0.169 e. The zero-order valence-corrected chi connectivity index (χ0v) is 7.51. The molecule has 0 bridgehead atoms. The molecule has 0 aliphatic carbocycles. The van der Waals surface area contributed by atoms with E-state index in [4.69, 9.17) is 8.22 Å². The minimum Gasteiger partial charge on any atom is -0.208 e. The van der Waals surface area contributed by atoms with Crippen LogP contribution in [0.2, 0.25) is 0 Å². The van der Waals surface area contributed by atoms with Crippen LogP contribution in [0.3, 0.4) is 0 Å². The normalized spacial score (nSPS) is 18.3. The van der Waals surface area contributed by atoms with Gasteiger partial charge in [-0.15, -0.1) is 0 Å². The molecule has 0 aromatic carbocycles. The molecule has 2 heterocycles. The van der Waals surface area contributed by atoms with Crippen LogP contribution in [0.5, 0.6) is 0 Å². The molecule has 2 aromatic heterocycles. The van der Waals surface area contributed by atoms with Crippen molar-refractivity contribution in [2.75, 3.05) is 0 Å². The zero-order chi connectivity index (χ0) is 15.0. The Labute approximate surface area is 92.5 Å². The zero-order valence-electron chi connectivity index (χ0n) is 13.5. The molecule has 14 heavy (non-hydrogen) atoms. The van der Waals surface area contributed by atoms with Gasteiger partial charge in [-0.25, -0.2) is 9.13 Å². The molecule has 0 fully saturated rings. The largest absolute Gasteiger partial charge is 0.208 e. The monoisotopic (exact) mass is 192 g/mol. The van der Waals surface area contributed by atoms with Crippen molar-refractivity contribution in [3.05, 3.63) is 49.1 Å². The summed E-state index contributed by atoms with van der Waals surface area (Å²) < 4.78 is 45.9. The lowest BCUT2D eigenvalue weighted by Gasteiger charge is -1.97. The van der Waals surface area contributed by atoms with Crippen molar-refractivity contribution in [3.8, 4) is 11.1 Å². The highest BCUT2D eigenvalue weighted by Crippen LogP contribution is 2.14. The third-order valence-corrected chi connectivity index (χ3v) is 1.99. The van der Waals surface area contributed by atoms with Gasteiger partial charge in [0, 0.05) is 24.3 Å². The van der Waals surface area contributed by atoms with E-state index in [-0.39, 0.29) is 0 Å². The molecular formula is C12H14N2+2. The average Bonchev–Trinajstić information content (AvgIpc) is 2.37. The van der Waals surface area contributed by atoms with E-state index in [0.717, 1.165) is 20.3 Å². The fourth-order valence-corrected chi connectivity index (χ4v) is 1.24. The van der Waals surface area contributed by atoms with Gasteiger partial charge in [-0.3, -0.25) is 0 Å². The second-order valence-electron chi connectivity index (χ2n) is 2.99. The number of nitrogens with zero attached hydrogens (tertiary/aromatic N) is 2. The summed E-state index contributed by atoms with van der Waals surface area (Å²) in [4.78, 5) is 0. The van der Waals surface area contributed by atoms with E-state index in [2.05, 4.69) is 0 Å². The van der Waals surface area contributed by atoms with E-state index in [0.29, 0.717) is 0 Å². The SMILES string of the molecule is [2H]C([2H])([2H])[n+]1ccc(-c2cc[n+](C([2H])([2H])[2H])cc2)cc1. The summed E-state index contributed by atoms with van der Waals surface area (Å²) in [6.45, 7) is -4.39. The first-order valence-corrected chi connectivity index (χ1v) is 4.22. The van der Waals surface area contributed by atoms with Crippen LogP contribution in [0.4, 0.5) is 0 Å². The number of aromatic nitrogens is 2. The fraction of sp³-hybridized carbons (Fsp3) is 0.167. The molecule has 0 atom stereocenters. The van der Waals surface area contributed by atoms with Gasteiger partial charge < -0.3 is 0 Å². The third-order valence-electron chi connectivity index (χ3n) is 1.99. The molecule has 2 nitrogen and oxygen atoms in total. The Morgan fingerprint density at radius 2 is 1.14 bits per heavy atom. The van der Waals surface area contributed by atoms with E-state index >= 15 is 0 Å². The van der Waals surface area contributed by atoms with Gasteiger partial charge in [-0.1, -0.05) is 0 Å². The standard InChI is InChI=1S/C12H14N2/c1-13-7-3-11(4-8-13)12-5-9-14(2)10-6-12/h3-10H,1-2H3/q+2/i1D3,2D3. The topological polar surface area (TPSA) is 7.76 Å². The maximum atomic E-state index is 7.28. The van der Waals surface area contributed by atoms with E-state index in [1.165, 1.54) is 24.8 Å². The lowest BCUT2D eigenvalue weighted by atomic mass is 10.1. The molecule has 2 rings (SSSR count). The Kier molecular flexibility index (Phi) is 1.08. The fourth-order valence-electron chi connectivity index (χ4n) is 1.24. The molecule has 0 amide bonds. The first kappa shape index (κ1) is 4.22. The average molecular weight is 192 g/mol. The van der Waals surface area contributed by atoms with Crippen molar-refractivity contribution in [2.45, 2.75) is 0 Å². The number of hydrogen-bond acceptors (Lipinski definition) is 0. The van der Waals surface area contributed by atoms with E-state index in [1.807, 2.05) is 0 Å². The Balaban J connectivity index is 2.29. The molecule has 0 N–H and O–H groups in total. The van der Waals surface area contributed by atoms with Gasteiger partial charge in [0.25, 0.3) is 0 Å². The summed E-state index contributed by atoms with van der Waals surface area (Å²) in [6, 6.07) is 6.73. The lowest BCUT2D eigenvalue weighted by molar-refractivity contribution is -0.671. The van der Waals surface area contributed by atoms with Gasteiger partial charge in [0.15, 0.2) is 24.8 Å². The second kappa shape index (κ2) is 3.58. The molecule has 70 valence electrons.